The SMILES string of the molecule is Cc1nc2cnc(Nc3ccnc(C(C=NCC4CC4)=C(N)[N+](=O)[O-])n3)cc2n1C(C)C. The molecule has 0 saturated heterocycles. The number of anilines is 2. The van der Waals surface area contributed by atoms with Gasteiger partial charge >= 0.3 is 5.82 Å². The first-order valence-electron chi connectivity index (χ1n) is 10.4. The van der Waals surface area contributed by atoms with Crippen LogP contribution in [-0.2, 0) is 0 Å². The van der Waals surface area contributed by atoms with Gasteiger partial charge in [0, 0.05) is 31.1 Å². The van der Waals surface area contributed by atoms with E-state index in [1.807, 2.05) is 13.0 Å². The van der Waals surface area contributed by atoms with Crippen LogP contribution >= 0.6 is 0 Å². The van der Waals surface area contributed by atoms with Crippen molar-refractivity contribution in [1.29, 1.82) is 0 Å². The number of nitrogens with one attached hydrogen (secondary N) is 1. The van der Waals surface area contributed by atoms with Crippen LogP contribution in [0.2, 0.25) is 0 Å². The number of nitrogens with two attached hydrogens (primary N) is 1. The zero-order chi connectivity index (χ0) is 22.8. The number of nitro groups is 1. The van der Waals surface area contributed by atoms with Crippen molar-refractivity contribution in [2.75, 3.05) is 11.9 Å². The minimum absolute atomic E-state index is 0.0798. The van der Waals surface area contributed by atoms with Crippen LogP contribution in [0.4, 0.5) is 11.6 Å². The lowest BCUT2D eigenvalue weighted by Crippen LogP contribution is -2.14. The second-order valence-electron chi connectivity index (χ2n) is 8.07. The van der Waals surface area contributed by atoms with Gasteiger partial charge in [-0.15, -0.1) is 0 Å². The lowest BCUT2D eigenvalue weighted by atomic mass is 10.2. The molecule has 32 heavy (non-hydrogen) atoms. The van der Waals surface area contributed by atoms with Crippen LogP contribution in [0, 0.1) is 23.0 Å². The molecule has 4 rings (SSSR count). The summed E-state index contributed by atoms with van der Waals surface area (Å²) in [4.78, 5) is 32.5. The molecule has 1 aliphatic carbocycles. The maximum absolute atomic E-state index is 11.3. The van der Waals surface area contributed by atoms with Crippen molar-refractivity contribution in [3.8, 4) is 0 Å². The van der Waals surface area contributed by atoms with Gasteiger partial charge in [-0.05, 0) is 50.5 Å². The highest BCUT2D eigenvalue weighted by Crippen LogP contribution is 2.29. The Labute approximate surface area is 184 Å². The molecule has 3 aromatic heterocycles. The highest BCUT2D eigenvalue weighted by atomic mass is 16.6. The van der Waals surface area contributed by atoms with E-state index in [-0.39, 0.29) is 17.4 Å². The molecule has 0 spiro atoms. The average molecular weight is 435 g/mol. The third-order valence-corrected chi connectivity index (χ3v) is 5.17. The van der Waals surface area contributed by atoms with E-state index in [2.05, 4.69) is 48.7 Å². The summed E-state index contributed by atoms with van der Waals surface area (Å²) in [5.74, 6) is 2.03. The molecule has 1 saturated carbocycles. The molecule has 0 unspecified atom stereocenters. The summed E-state index contributed by atoms with van der Waals surface area (Å²) >= 11 is 0. The number of hydrogen-bond acceptors (Lipinski definition) is 9. The van der Waals surface area contributed by atoms with Gasteiger partial charge in [0.2, 0.25) is 0 Å². The highest BCUT2D eigenvalue weighted by Gasteiger charge is 2.21. The molecule has 3 aromatic rings. The molecule has 11 heteroatoms. The van der Waals surface area contributed by atoms with Crippen LogP contribution in [0.3, 0.4) is 0 Å². The van der Waals surface area contributed by atoms with Crippen molar-refractivity contribution in [2.45, 2.75) is 39.7 Å². The number of rotatable bonds is 8. The van der Waals surface area contributed by atoms with Gasteiger partial charge in [0.15, 0.2) is 5.82 Å². The quantitative estimate of drug-likeness (QED) is 0.311. The molecule has 0 atom stereocenters. The summed E-state index contributed by atoms with van der Waals surface area (Å²) in [5, 5.41) is 14.4. The molecule has 166 valence electrons. The minimum atomic E-state index is -0.660. The average Bonchev–Trinajstić information content (AvgIpc) is 3.51. The molecule has 0 amide bonds. The monoisotopic (exact) mass is 435 g/mol. The Hall–Kier alpha value is -3.89. The summed E-state index contributed by atoms with van der Waals surface area (Å²) in [6.45, 7) is 6.76. The summed E-state index contributed by atoms with van der Waals surface area (Å²) in [7, 11) is 0. The Bertz CT molecular complexity index is 1230. The van der Waals surface area contributed by atoms with E-state index in [4.69, 9.17) is 5.73 Å². The predicted molar refractivity (Wildman–Crippen MR) is 122 cm³/mol. The van der Waals surface area contributed by atoms with Gasteiger partial charge < -0.3 is 20.0 Å². The van der Waals surface area contributed by atoms with Crippen LogP contribution in [0.5, 0.6) is 0 Å². The fourth-order valence-electron chi connectivity index (χ4n) is 3.46. The van der Waals surface area contributed by atoms with Crippen LogP contribution in [0.1, 0.15) is 44.4 Å². The topological polar surface area (TPSA) is 150 Å². The summed E-state index contributed by atoms with van der Waals surface area (Å²) < 4.78 is 2.13. The molecule has 1 fully saturated rings. The molecule has 0 aliphatic heterocycles. The van der Waals surface area contributed by atoms with Crippen LogP contribution in [-0.4, -0.2) is 42.2 Å². The molecular weight excluding hydrogens is 410 g/mol. The lowest BCUT2D eigenvalue weighted by Gasteiger charge is -2.11. The van der Waals surface area contributed by atoms with E-state index in [0.717, 1.165) is 29.7 Å². The van der Waals surface area contributed by atoms with Crippen molar-refractivity contribution >= 4 is 34.5 Å². The molecule has 0 bridgehead atoms. The maximum atomic E-state index is 11.3. The molecule has 1 aliphatic rings. The van der Waals surface area contributed by atoms with Gasteiger partial charge in [0.05, 0.1) is 11.7 Å². The number of fused-ring (bicyclic) bond motifs is 1. The second kappa shape index (κ2) is 8.69. The number of aliphatic imine (C=N–C) groups is 1. The van der Waals surface area contributed by atoms with Crippen LogP contribution in [0.25, 0.3) is 16.6 Å². The summed E-state index contributed by atoms with van der Waals surface area (Å²) in [5.41, 5.74) is 7.54. The summed E-state index contributed by atoms with van der Waals surface area (Å²) in [6, 6.07) is 3.80. The van der Waals surface area contributed by atoms with Crippen molar-refractivity contribution in [1.82, 2.24) is 24.5 Å². The van der Waals surface area contributed by atoms with Gasteiger partial charge in [-0.2, -0.15) is 0 Å². The number of aryl methyl sites for hydroxylation is 1. The number of imidazole rings is 1. The van der Waals surface area contributed by atoms with Gasteiger partial charge in [-0.25, -0.2) is 19.9 Å². The van der Waals surface area contributed by atoms with E-state index in [9.17, 15) is 10.1 Å². The Morgan fingerprint density at radius 3 is 2.84 bits per heavy atom. The Kier molecular flexibility index (Phi) is 5.80. The maximum Gasteiger partial charge on any atom is 0.326 e. The van der Waals surface area contributed by atoms with Gasteiger partial charge in [-0.1, -0.05) is 0 Å². The van der Waals surface area contributed by atoms with E-state index >= 15 is 0 Å². The van der Waals surface area contributed by atoms with E-state index in [1.54, 1.807) is 12.3 Å². The molecule has 3 N–H and O–H groups in total. The predicted octanol–water partition coefficient (Wildman–Crippen LogP) is 3.24. The molecule has 0 aromatic carbocycles. The first-order chi connectivity index (χ1) is 15.3. The minimum Gasteiger partial charge on any atom is -0.358 e. The first kappa shape index (κ1) is 21.3. The van der Waals surface area contributed by atoms with Crippen LogP contribution in [0.15, 0.2) is 35.3 Å². The van der Waals surface area contributed by atoms with Gasteiger partial charge in [-0.3, -0.25) is 10.7 Å². The Balaban J connectivity index is 1.64. The summed E-state index contributed by atoms with van der Waals surface area (Å²) in [6.07, 6.45) is 6.86. The zero-order valence-electron chi connectivity index (χ0n) is 18.2. The third kappa shape index (κ3) is 4.56. The van der Waals surface area contributed by atoms with Crippen molar-refractivity contribution < 1.29 is 4.92 Å². The molecular formula is C21H25N9O2. The van der Waals surface area contributed by atoms with E-state index in [1.165, 1.54) is 12.4 Å². The Morgan fingerprint density at radius 1 is 1.38 bits per heavy atom. The van der Waals surface area contributed by atoms with Gasteiger partial charge in [0.25, 0.3) is 0 Å². The fraction of sp³-hybridized carbons (Fsp3) is 0.381. The third-order valence-electron chi connectivity index (χ3n) is 5.17. The van der Waals surface area contributed by atoms with Crippen molar-refractivity contribution in [3.05, 3.63) is 52.1 Å². The molecule has 11 nitrogen and oxygen atoms in total. The highest BCUT2D eigenvalue weighted by molar-refractivity contribution is 6.08. The van der Waals surface area contributed by atoms with E-state index in [0.29, 0.717) is 24.1 Å². The Morgan fingerprint density at radius 2 is 2.16 bits per heavy atom. The second-order valence-corrected chi connectivity index (χ2v) is 8.07. The van der Waals surface area contributed by atoms with Crippen molar-refractivity contribution in [2.24, 2.45) is 16.6 Å². The van der Waals surface area contributed by atoms with Gasteiger partial charge in [0.1, 0.15) is 28.5 Å². The fourth-order valence-corrected chi connectivity index (χ4v) is 3.46. The smallest absolute Gasteiger partial charge is 0.326 e. The van der Waals surface area contributed by atoms with Crippen molar-refractivity contribution in [3.63, 3.8) is 0 Å². The van der Waals surface area contributed by atoms with E-state index < -0.39 is 10.7 Å². The standard InChI is InChI=1S/C21H25N9O2/c1-12(2)29-13(3)26-16-11-25-19(8-17(16)29)27-18-6-7-24-21(28-18)15(20(22)30(31)32)10-23-9-14-4-5-14/h6-8,10-12,14H,4-5,9,22H2,1-3H3,(H,24,25,27,28). The number of nitrogens with zero attached hydrogens (tertiary/aromatic N) is 7. The number of aromatic nitrogens is 5. The number of allylic oxidation sites excluding steroid dienone is 1. The number of hydrogen-bond donors (Lipinski definition) is 2. The lowest BCUT2D eigenvalue weighted by molar-refractivity contribution is -0.425. The normalized spacial score (nSPS) is 14.9. The largest absolute Gasteiger partial charge is 0.358 e. The van der Waals surface area contributed by atoms with Crippen LogP contribution < -0.4 is 11.1 Å². The number of pyridine rings is 1. The molecule has 0 radical (unpaired) electrons. The molecule has 3 heterocycles. The zero-order valence-corrected chi connectivity index (χ0v) is 18.2. The first-order valence-corrected chi connectivity index (χ1v) is 10.4.